The number of hydrogen-bond acceptors (Lipinski definition) is 0. The van der Waals surface area contributed by atoms with Crippen LogP contribution in [0, 0.1) is 0 Å². The molecule has 0 heterocycles. The molecule has 0 N–H and O–H groups in total. The first kappa shape index (κ1) is 17.7. The quantitative estimate of drug-likeness (QED) is 0.455. The molecule has 4 aliphatic rings. The molecular weight excluding hydrogens is 402 g/mol. The second-order valence-corrected chi connectivity index (χ2v) is 8.04. The van der Waals surface area contributed by atoms with Gasteiger partial charge < -0.3 is 0 Å². The largest absolute Gasteiger partial charge is 0.147 e. The molecule has 0 fully saturated rings. The summed E-state index contributed by atoms with van der Waals surface area (Å²) in [4.78, 5) is 0. The van der Waals surface area contributed by atoms with E-state index in [9.17, 15) is 0 Å². The molecule has 0 bridgehead atoms. The van der Waals surface area contributed by atoms with Gasteiger partial charge in [0.05, 0.1) is 0 Å². The maximum atomic E-state index is 6.81. The molecule has 4 rings (SSSR count). The summed E-state index contributed by atoms with van der Waals surface area (Å²) in [7, 11) is 0. The van der Waals surface area contributed by atoms with E-state index in [2.05, 4.69) is 36.5 Å². The van der Waals surface area contributed by atoms with E-state index in [4.69, 9.17) is 23.2 Å². The van der Waals surface area contributed by atoms with Crippen molar-refractivity contribution in [1.29, 1.82) is 0 Å². The Hall–Kier alpha value is -0.0969. The Labute approximate surface area is 167 Å². The Bertz CT molecular complexity index is 699. The normalized spacial score (nSPS) is 22.7. The molecule has 0 saturated heterocycles. The van der Waals surface area contributed by atoms with Gasteiger partial charge in [-0.15, -0.1) is 0 Å². The summed E-state index contributed by atoms with van der Waals surface area (Å²) < 4.78 is -0.838. The third kappa shape index (κ3) is 3.35. The Morgan fingerprint density at radius 2 is 1.43 bits per heavy atom. The van der Waals surface area contributed by atoms with Gasteiger partial charge in [0.15, 0.2) is 0 Å². The van der Waals surface area contributed by atoms with Gasteiger partial charge in [-0.25, -0.2) is 0 Å². The number of hydrogen-bond donors (Lipinski definition) is 0. The van der Waals surface area contributed by atoms with Gasteiger partial charge in [-0.3, -0.25) is 0 Å². The van der Waals surface area contributed by atoms with Crippen LogP contribution in [0.3, 0.4) is 0 Å². The average molecular weight is 423 g/mol. The summed E-state index contributed by atoms with van der Waals surface area (Å²) in [6, 6.07) is 0. The molecule has 0 saturated carbocycles. The molecule has 4 aliphatic carbocycles. The molecule has 0 spiro atoms. The fraction of sp³-hybridized carbons (Fsp3) is 0.400. The van der Waals surface area contributed by atoms with Crippen LogP contribution in [0.15, 0.2) is 69.9 Å². The molecule has 3 heteroatoms. The van der Waals surface area contributed by atoms with Crippen molar-refractivity contribution in [3.63, 3.8) is 0 Å². The average Bonchev–Trinajstić information content (AvgIpc) is 3.12. The van der Waals surface area contributed by atoms with E-state index in [-0.39, 0.29) is 26.2 Å². The van der Waals surface area contributed by atoms with Gasteiger partial charge in [0.2, 0.25) is 0 Å². The zero-order valence-electron chi connectivity index (χ0n) is 13.2. The van der Waals surface area contributed by atoms with Gasteiger partial charge in [0, 0.05) is 32.6 Å². The van der Waals surface area contributed by atoms with E-state index in [1.807, 2.05) is 0 Å². The minimum absolute atomic E-state index is 0. The molecule has 118 valence electrons. The van der Waals surface area contributed by atoms with E-state index < -0.39 is 4.33 Å². The predicted molar refractivity (Wildman–Crippen MR) is 95.3 cm³/mol. The molecule has 0 nitrogen and oxygen atoms in total. The molecule has 0 aromatic carbocycles. The summed E-state index contributed by atoms with van der Waals surface area (Å²) >= 11 is 13.6. The van der Waals surface area contributed by atoms with Crippen LogP contribution in [0.4, 0.5) is 0 Å². The van der Waals surface area contributed by atoms with E-state index in [1.165, 1.54) is 53.5 Å². The first-order valence-corrected chi connectivity index (χ1v) is 9.01. The fourth-order valence-corrected chi connectivity index (χ4v) is 4.57. The van der Waals surface area contributed by atoms with Crippen molar-refractivity contribution in [2.45, 2.75) is 49.3 Å². The van der Waals surface area contributed by atoms with Crippen molar-refractivity contribution in [2.75, 3.05) is 0 Å². The zero-order chi connectivity index (χ0) is 15.2. The molecule has 0 atom stereocenters. The van der Waals surface area contributed by atoms with Crippen molar-refractivity contribution >= 4 is 23.2 Å². The minimum atomic E-state index is -0.838. The van der Waals surface area contributed by atoms with Crippen molar-refractivity contribution < 1.29 is 26.2 Å². The van der Waals surface area contributed by atoms with E-state index in [0.717, 1.165) is 18.4 Å². The van der Waals surface area contributed by atoms with Crippen LogP contribution in [0.5, 0.6) is 0 Å². The van der Waals surface area contributed by atoms with Gasteiger partial charge in [-0.1, -0.05) is 59.7 Å². The summed E-state index contributed by atoms with van der Waals surface area (Å²) in [6.45, 7) is 0. The van der Waals surface area contributed by atoms with Gasteiger partial charge in [-0.2, -0.15) is 0 Å². The molecule has 0 amide bonds. The third-order valence-corrected chi connectivity index (χ3v) is 5.74. The van der Waals surface area contributed by atoms with Gasteiger partial charge in [-0.05, 0) is 72.0 Å². The summed E-state index contributed by atoms with van der Waals surface area (Å²) in [5.74, 6) is 0. The maximum Gasteiger partial charge on any atom is 0.147 e. The van der Waals surface area contributed by atoms with Crippen LogP contribution in [0.1, 0.15) is 44.9 Å². The van der Waals surface area contributed by atoms with Crippen LogP contribution in [0.25, 0.3) is 0 Å². The number of rotatable bonds is 3. The van der Waals surface area contributed by atoms with E-state index in [0.29, 0.717) is 6.42 Å². The van der Waals surface area contributed by atoms with Crippen molar-refractivity contribution in [2.24, 2.45) is 0 Å². The summed E-state index contributed by atoms with van der Waals surface area (Å²) in [6.07, 6.45) is 21.3. The number of alkyl halides is 2. The van der Waals surface area contributed by atoms with Crippen LogP contribution in [-0.2, 0) is 26.2 Å². The maximum absolute atomic E-state index is 6.81. The number of fused-ring (bicyclic) bond motifs is 2. The summed E-state index contributed by atoms with van der Waals surface area (Å²) in [5.41, 5.74) is 7.94. The fourth-order valence-electron chi connectivity index (χ4n) is 3.95. The smallest absolute Gasteiger partial charge is 0.0959 e. The van der Waals surface area contributed by atoms with Gasteiger partial charge in [0.25, 0.3) is 0 Å². The second-order valence-electron chi connectivity index (χ2n) is 6.56. The Balaban J connectivity index is 0.00000156. The van der Waals surface area contributed by atoms with Crippen LogP contribution in [0.2, 0.25) is 0 Å². The van der Waals surface area contributed by atoms with Crippen LogP contribution in [-0.4, -0.2) is 4.33 Å². The molecular formula is C20H20Cl2Zr. The zero-order valence-corrected chi connectivity index (χ0v) is 17.1. The number of allylic oxidation sites excluding steroid dienone is 12. The Kier molecular flexibility index (Phi) is 5.41. The first-order chi connectivity index (χ1) is 10.6. The van der Waals surface area contributed by atoms with Crippen LogP contribution >= 0.6 is 23.2 Å². The van der Waals surface area contributed by atoms with Gasteiger partial charge in [0.1, 0.15) is 4.33 Å². The molecule has 0 radical (unpaired) electrons. The number of halogens is 2. The van der Waals surface area contributed by atoms with E-state index in [1.54, 1.807) is 0 Å². The predicted octanol–water partition coefficient (Wildman–Crippen LogP) is 6.50. The third-order valence-electron chi connectivity index (χ3n) is 5.07. The van der Waals surface area contributed by atoms with Crippen molar-refractivity contribution in [3.05, 3.63) is 69.9 Å². The molecule has 0 unspecified atom stereocenters. The standard InChI is InChI=1S/C20H20Cl2.Zr/c21-20(22,19-12-11-15-6-2-4-8-18(15)19)13-16-10-9-14-5-1-3-7-17(14)16;/h7-12H,1-6,13H2;. The minimum Gasteiger partial charge on any atom is -0.0959 e. The second kappa shape index (κ2) is 7.03. The SMILES string of the molecule is ClC(Cl)(CC1=CC=C2CCCC=C21)C1=CC=C2CCCC=C21.[Zr]. The van der Waals surface area contributed by atoms with Crippen molar-refractivity contribution in [3.8, 4) is 0 Å². The molecule has 0 aromatic rings. The van der Waals surface area contributed by atoms with E-state index >= 15 is 0 Å². The van der Waals surface area contributed by atoms with Crippen LogP contribution < -0.4 is 0 Å². The Morgan fingerprint density at radius 3 is 2.17 bits per heavy atom. The summed E-state index contributed by atoms with van der Waals surface area (Å²) in [5, 5.41) is 0. The topological polar surface area (TPSA) is 0 Å². The monoisotopic (exact) mass is 420 g/mol. The molecule has 0 aromatic heterocycles. The molecule has 0 aliphatic heterocycles. The van der Waals surface area contributed by atoms with Gasteiger partial charge >= 0.3 is 0 Å². The first-order valence-electron chi connectivity index (χ1n) is 8.26. The molecule has 23 heavy (non-hydrogen) atoms. The van der Waals surface area contributed by atoms with Crippen molar-refractivity contribution in [1.82, 2.24) is 0 Å². The Morgan fingerprint density at radius 1 is 0.826 bits per heavy atom.